The van der Waals surface area contributed by atoms with E-state index in [-0.39, 0.29) is 0 Å². The van der Waals surface area contributed by atoms with Gasteiger partial charge in [-0.2, -0.15) is 5.26 Å². The molecular weight excluding hydrogens is 238 g/mol. The van der Waals surface area contributed by atoms with Crippen LogP contribution in [0.2, 0.25) is 0 Å². The molecule has 1 saturated heterocycles. The second-order valence-electron chi connectivity index (χ2n) is 4.64. The number of rotatable bonds is 4. The number of hydrogen-bond acceptors (Lipinski definition) is 5. The minimum Gasteiger partial charge on any atom is -0.361 e. The first-order valence-corrected chi connectivity index (χ1v) is 6.62. The van der Waals surface area contributed by atoms with E-state index in [1.54, 1.807) is 12.4 Å². The lowest BCUT2D eigenvalue weighted by Gasteiger charge is -2.29. The number of nitrogens with one attached hydrogen (secondary N) is 1. The molecule has 1 aromatic heterocycles. The van der Waals surface area contributed by atoms with E-state index in [1.165, 1.54) is 0 Å². The number of nitriles is 1. The first kappa shape index (κ1) is 13.5. The minimum atomic E-state index is 0.782. The van der Waals surface area contributed by atoms with E-state index in [0.29, 0.717) is 0 Å². The normalized spacial score (nSPS) is 16.7. The van der Waals surface area contributed by atoms with Crippen LogP contribution in [-0.2, 0) is 6.42 Å². The van der Waals surface area contributed by atoms with Gasteiger partial charge in [-0.15, -0.1) is 0 Å². The third-order valence-corrected chi connectivity index (χ3v) is 3.29. The molecule has 1 aliphatic rings. The molecule has 0 saturated carbocycles. The topological polar surface area (TPSA) is 64.8 Å². The zero-order chi connectivity index (χ0) is 13.5. The first-order valence-electron chi connectivity index (χ1n) is 6.62. The van der Waals surface area contributed by atoms with Crippen LogP contribution in [0, 0.1) is 11.3 Å². The summed E-state index contributed by atoms with van der Waals surface area (Å²) in [6.07, 6.45) is 5.12. The van der Waals surface area contributed by atoms with Gasteiger partial charge in [0, 0.05) is 45.0 Å². The Morgan fingerprint density at radius 3 is 2.68 bits per heavy atom. The Morgan fingerprint density at radius 2 is 2.05 bits per heavy atom. The van der Waals surface area contributed by atoms with Crippen molar-refractivity contribution in [3.8, 4) is 6.07 Å². The predicted octanol–water partition coefficient (Wildman–Crippen LogP) is 1.11. The maximum atomic E-state index is 9.34. The van der Waals surface area contributed by atoms with Gasteiger partial charge in [0.25, 0.3) is 0 Å². The Morgan fingerprint density at radius 1 is 1.37 bits per heavy atom. The molecule has 0 aliphatic carbocycles. The summed E-state index contributed by atoms with van der Waals surface area (Å²) in [5.74, 6) is 0.833. The highest BCUT2D eigenvalue weighted by Gasteiger charge is 2.15. The zero-order valence-electron chi connectivity index (χ0n) is 11.3. The van der Waals surface area contributed by atoms with Gasteiger partial charge >= 0.3 is 0 Å². The van der Waals surface area contributed by atoms with Crippen LogP contribution in [0.3, 0.4) is 0 Å². The highest BCUT2D eigenvalue weighted by molar-refractivity contribution is 5.26. The predicted molar refractivity (Wildman–Crippen MR) is 73.1 cm³/mol. The molecule has 2 heterocycles. The molecule has 0 atom stereocenters. The monoisotopic (exact) mass is 257 g/mol. The third kappa shape index (κ3) is 3.76. The van der Waals surface area contributed by atoms with Crippen LogP contribution in [0.15, 0.2) is 29.7 Å². The lowest BCUT2D eigenvalue weighted by atomic mass is 10.1. The average Bonchev–Trinajstić information content (AvgIpc) is 2.48. The van der Waals surface area contributed by atoms with Crippen molar-refractivity contribution in [1.82, 2.24) is 20.2 Å². The molecule has 2 rings (SSSR count). The fourth-order valence-corrected chi connectivity index (χ4v) is 2.20. The van der Waals surface area contributed by atoms with Crippen LogP contribution < -0.4 is 5.32 Å². The van der Waals surface area contributed by atoms with Crippen molar-refractivity contribution < 1.29 is 0 Å². The first-order chi connectivity index (χ1) is 9.31. The molecule has 0 amide bonds. The summed E-state index contributed by atoms with van der Waals surface area (Å²) in [5.41, 5.74) is 1.94. The Kier molecular flexibility index (Phi) is 4.87. The van der Waals surface area contributed by atoms with Gasteiger partial charge in [-0.3, -0.25) is 0 Å². The largest absolute Gasteiger partial charge is 0.361 e. The Hall–Kier alpha value is -1.93. The number of aromatic nitrogens is 2. The molecule has 1 fully saturated rings. The van der Waals surface area contributed by atoms with E-state index >= 15 is 0 Å². The quantitative estimate of drug-likeness (QED) is 0.819. The van der Waals surface area contributed by atoms with Gasteiger partial charge in [0.15, 0.2) is 0 Å². The van der Waals surface area contributed by atoms with E-state index in [4.69, 9.17) is 0 Å². The summed E-state index contributed by atoms with van der Waals surface area (Å²) in [7, 11) is 0. The molecule has 19 heavy (non-hydrogen) atoms. The van der Waals surface area contributed by atoms with Crippen molar-refractivity contribution in [3.63, 3.8) is 0 Å². The molecule has 5 nitrogen and oxygen atoms in total. The summed E-state index contributed by atoms with van der Waals surface area (Å²) < 4.78 is 0. The van der Waals surface area contributed by atoms with Crippen LogP contribution in [0.1, 0.15) is 19.2 Å². The van der Waals surface area contributed by atoms with Crippen LogP contribution >= 0.6 is 0 Å². The SMILES string of the molecule is CC(CCc1ncccn1)=C(C#N)N1CCNCC1. The van der Waals surface area contributed by atoms with E-state index in [1.807, 2.05) is 13.0 Å². The molecule has 0 aromatic carbocycles. The summed E-state index contributed by atoms with van der Waals surface area (Å²) in [6.45, 7) is 5.73. The van der Waals surface area contributed by atoms with Crippen molar-refractivity contribution in [3.05, 3.63) is 35.6 Å². The van der Waals surface area contributed by atoms with Gasteiger partial charge in [-0.05, 0) is 25.0 Å². The molecule has 1 aliphatic heterocycles. The number of aryl methyl sites for hydroxylation is 1. The second kappa shape index (κ2) is 6.86. The van der Waals surface area contributed by atoms with Gasteiger partial charge in [-0.25, -0.2) is 9.97 Å². The molecule has 0 unspecified atom stereocenters. The van der Waals surface area contributed by atoms with E-state index < -0.39 is 0 Å². The summed E-state index contributed by atoms with van der Waals surface area (Å²) >= 11 is 0. The van der Waals surface area contributed by atoms with Gasteiger partial charge in [0.2, 0.25) is 0 Å². The molecular formula is C14H19N5. The van der Waals surface area contributed by atoms with Gasteiger partial charge < -0.3 is 10.2 Å². The summed E-state index contributed by atoms with van der Waals surface area (Å²) in [4.78, 5) is 10.6. The van der Waals surface area contributed by atoms with Crippen LogP contribution in [0.5, 0.6) is 0 Å². The standard InChI is InChI=1S/C14H19N5/c1-12(3-4-14-17-5-2-6-18-14)13(11-15)19-9-7-16-8-10-19/h2,5-6,16H,3-4,7-10H2,1H3. The third-order valence-electron chi connectivity index (χ3n) is 3.29. The van der Waals surface area contributed by atoms with Crippen LogP contribution in [-0.4, -0.2) is 41.0 Å². The van der Waals surface area contributed by atoms with E-state index in [9.17, 15) is 5.26 Å². The number of allylic oxidation sites excluding steroid dienone is 2. The molecule has 1 N–H and O–H groups in total. The molecule has 0 radical (unpaired) electrons. The summed E-state index contributed by atoms with van der Waals surface area (Å²) in [5, 5.41) is 12.6. The molecule has 0 spiro atoms. The van der Waals surface area contributed by atoms with E-state index in [2.05, 4.69) is 26.3 Å². The Labute approximate surface area is 114 Å². The highest BCUT2D eigenvalue weighted by Crippen LogP contribution is 2.15. The molecule has 100 valence electrons. The highest BCUT2D eigenvalue weighted by atomic mass is 15.2. The van der Waals surface area contributed by atoms with Crippen molar-refractivity contribution in [2.24, 2.45) is 0 Å². The van der Waals surface area contributed by atoms with Crippen molar-refractivity contribution in [1.29, 1.82) is 5.26 Å². The maximum absolute atomic E-state index is 9.34. The van der Waals surface area contributed by atoms with Crippen molar-refractivity contribution in [2.75, 3.05) is 26.2 Å². The Bertz CT molecular complexity index is 468. The molecule has 0 bridgehead atoms. The second-order valence-corrected chi connectivity index (χ2v) is 4.64. The number of nitrogens with zero attached hydrogens (tertiary/aromatic N) is 4. The number of hydrogen-bond donors (Lipinski definition) is 1. The smallest absolute Gasteiger partial charge is 0.128 e. The van der Waals surface area contributed by atoms with Crippen molar-refractivity contribution >= 4 is 0 Å². The maximum Gasteiger partial charge on any atom is 0.128 e. The average molecular weight is 257 g/mol. The lowest BCUT2D eigenvalue weighted by Crippen LogP contribution is -2.42. The summed E-state index contributed by atoms with van der Waals surface area (Å²) in [6, 6.07) is 4.16. The Balaban J connectivity index is 2.00. The molecule has 5 heteroatoms. The zero-order valence-corrected chi connectivity index (χ0v) is 11.3. The molecule has 1 aromatic rings. The number of piperazine rings is 1. The van der Waals surface area contributed by atoms with E-state index in [0.717, 1.165) is 56.1 Å². The van der Waals surface area contributed by atoms with Gasteiger partial charge in [0.1, 0.15) is 17.6 Å². The lowest BCUT2D eigenvalue weighted by molar-refractivity contribution is 0.306. The minimum absolute atomic E-state index is 0.782. The van der Waals surface area contributed by atoms with Crippen LogP contribution in [0.25, 0.3) is 0 Å². The fraction of sp³-hybridized carbons (Fsp3) is 0.500. The fourth-order valence-electron chi connectivity index (χ4n) is 2.20. The van der Waals surface area contributed by atoms with Gasteiger partial charge in [-0.1, -0.05) is 0 Å². The van der Waals surface area contributed by atoms with Crippen LogP contribution in [0.4, 0.5) is 0 Å². The van der Waals surface area contributed by atoms with Gasteiger partial charge in [0.05, 0.1) is 0 Å². The van der Waals surface area contributed by atoms with Crippen molar-refractivity contribution in [2.45, 2.75) is 19.8 Å².